The number of benzene rings is 1. The molecule has 1 fully saturated rings. The van der Waals surface area contributed by atoms with Gasteiger partial charge in [0.15, 0.2) is 23.3 Å². The van der Waals surface area contributed by atoms with Gasteiger partial charge in [-0.15, -0.1) is 0 Å². The van der Waals surface area contributed by atoms with E-state index >= 15 is 0 Å². The van der Waals surface area contributed by atoms with E-state index in [-0.39, 0.29) is 49.2 Å². The Morgan fingerprint density at radius 2 is 1.87 bits per heavy atom. The van der Waals surface area contributed by atoms with E-state index in [1.54, 1.807) is 4.90 Å². The van der Waals surface area contributed by atoms with Crippen molar-refractivity contribution in [3.8, 4) is 0 Å². The molecule has 0 unspecified atom stereocenters. The van der Waals surface area contributed by atoms with Crippen LogP contribution in [0.4, 0.5) is 33.9 Å². The summed E-state index contributed by atoms with van der Waals surface area (Å²) in [7, 11) is 0. The molecule has 0 bridgehead atoms. The minimum atomic E-state index is -1.06. The number of hydrogen-bond donors (Lipinski definition) is 1. The fourth-order valence-electron chi connectivity index (χ4n) is 3.73. The number of halogens is 4. The summed E-state index contributed by atoms with van der Waals surface area (Å²) in [5, 5.41) is 2.46. The van der Waals surface area contributed by atoms with Crippen molar-refractivity contribution in [2.24, 2.45) is 0 Å². The van der Waals surface area contributed by atoms with Gasteiger partial charge in [0, 0.05) is 37.8 Å². The van der Waals surface area contributed by atoms with Crippen molar-refractivity contribution in [3.05, 3.63) is 53.2 Å². The van der Waals surface area contributed by atoms with Crippen LogP contribution in [0, 0.1) is 23.3 Å². The third-order valence-corrected chi connectivity index (χ3v) is 5.34. The SMILES string of the molecule is O=C(CN1Cc2c(ccc(F)c2F)NC1=O)N1CCCN(c2ncc(F)cc2F)CC1. The second kappa shape index (κ2) is 8.40. The lowest BCUT2D eigenvalue weighted by Crippen LogP contribution is -2.47. The largest absolute Gasteiger partial charge is 0.352 e. The second-order valence-electron chi connectivity index (χ2n) is 7.35. The normalized spacial score (nSPS) is 16.6. The molecular weight excluding hydrogens is 418 g/mol. The molecule has 31 heavy (non-hydrogen) atoms. The summed E-state index contributed by atoms with van der Waals surface area (Å²) in [6.45, 7) is 0.753. The Morgan fingerprint density at radius 1 is 1.06 bits per heavy atom. The van der Waals surface area contributed by atoms with E-state index in [9.17, 15) is 27.2 Å². The van der Waals surface area contributed by atoms with Gasteiger partial charge in [-0.05, 0) is 18.6 Å². The highest BCUT2D eigenvalue weighted by Crippen LogP contribution is 2.27. The van der Waals surface area contributed by atoms with Gasteiger partial charge in [-0.3, -0.25) is 4.79 Å². The first-order chi connectivity index (χ1) is 14.8. The van der Waals surface area contributed by atoms with Crippen LogP contribution in [0.3, 0.4) is 0 Å². The number of nitrogens with zero attached hydrogens (tertiary/aromatic N) is 4. The molecule has 2 aliphatic heterocycles. The zero-order valence-electron chi connectivity index (χ0n) is 16.4. The minimum Gasteiger partial charge on any atom is -0.352 e. The Hall–Kier alpha value is -3.37. The van der Waals surface area contributed by atoms with E-state index in [2.05, 4.69) is 10.3 Å². The molecule has 3 amide bonds. The van der Waals surface area contributed by atoms with E-state index < -0.39 is 29.3 Å². The molecule has 2 aliphatic rings. The molecule has 4 rings (SSSR count). The summed E-state index contributed by atoms with van der Waals surface area (Å²) in [6.07, 6.45) is 1.44. The van der Waals surface area contributed by atoms with Crippen LogP contribution < -0.4 is 10.2 Å². The van der Waals surface area contributed by atoms with Gasteiger partial charge in [-0.2, -0.15) is 0 Å². The number of carbonyl (C=O) groups excluding carboxylic acids is 2. The second-order valence-corrected chi connectivity index (χ2v) is 7.35. The van der Waals surface area contributed by atoms with Crippen molar-refractivity contribution in [1.82, 2.24) is 14.8 Å². The molecule has 11 heteroatoms. The van der Waals surface area contributed by atoms with E-state index in [1.807, 2.05) is 0 Å². The molecule has 1 aromatic carbocycles. The lowest BCUT2D eigenvalue weighted by Gasteiger charge is -2.31. The standard InChI is InChI=1S/C20H19F4N5O2/c21-12-8-15(23)19(25-9-12)28-5-1-4-27(6-7-28)17(30)11-29-10-13-16(26-20(29)31)3-2-14(22)18(13)24/h2-3,8-9H,1,4-7,10-11H2,(H,26,31). The summed E-state index contributed by atoms with van der Waals surface area (Å²) < 4.78 is 54.7. The average Bonchev–Trinajstić information content (AvgIpc) is 2.98. The van der Waals surface area contributed by atoms with E-state index in [1.165, 1.54) is 11.0 Å². The summed E-state index contributed by atoms with van der Waals surface area (Å²) in [5.41, 5.74) is 0.152. The highest BCUT2D eigenvalue weighted by Gasteiger charge is 2.30. The molecule has 2 aromatic rings. The van der Waals surface area contributed by atoms with Gasteiger partial charge in [0.2, 0.25) is 5.91 Å². The zero-order valence-corrected chi connectivity index (χ0v) is 16.4. The third-order valence-electron chi connectivity index (χ3n) is 5.34. The Morgan fingerprint density at radius 3 is 2.65 bits per heavy atom. The zero-order chi connectivity index (χ0) is 22.1. The number of nitrogens with one attached hydrogen (secondary N) is 1. The maximum atomic E-state index is 14.1. The Balaban J connectivity index is 1.41. The maximum Gasteiger partial charge on any atom is 0.322 e. The monoisotopic (exact) mass is 437 g/mol. The number of pyridine rings is 1. The van der Waals surface area contributed by atoms with Crippen molar-refractivity contribution in [2.45, 2.75) is 13.0 Å². The van der Waals surface area contributed by atoms with Gasteiger partial charge in [-0.1, -0.05) is 0 Å². The predicted molar refractivity (Wildman–Crippen MR) is 103 cm³/mol. The summed E-state index contributed by atoms with van der Waals surface area (Å²) in [5.74, 6) is -4.00. The van der Waals surface area contributed by atoms with Crippen LogP contribution in [-0.2, 0) is 11.3 Å². The highest BCUT2D eigenvalue weighted by atomic mass is 19.2. The van der Waals surface area contributed by atoms with Gasteiger partial charge < -0.3 is 20.0 Å². The van der Waals surface area contributed by atoms with Crippen LogP contribution >= 0.6 is 0 Å². The Kier molecular flexibility index (Phi) is 5.66. The molecule has 3 heterocycles. The Labute approximate surface area is 175 Å². The molecule has 0 saturated carbocycles. The molecule has 0 spiro atoms. The van der Waals surface area contributed by atoms with Crippen LogP contribution in [-0.4, -0.2) is 59.4 Å². The molecule has 0 atom stereocenters. The Bertz CT molecular complexity index is 1030. The molecule has 1 aromatic heterocycles. The molecule has 164 valence electrons. The molecule has 0 aliphatic carbocycles. The van der Waals surface area contributed by atoms with Crippen LogP contribution in [0.1, 0.15) is 12.0 Å². The van der Waals surface area contributed by atoms with Gasteiger partial charge in [-0.25, -0.2) is 27.3 Å². The number of urea groups is 1. The highest BCUT2D eigenvalue weighted by molar-refractivity contribution is 5.94. The van der Waals surface area contributed by atoms with Crippen molar-refractivity contribution >= 4 is 23.4 Å². The van der Waals surface area contributed by atoms with E-state index in [0.29, 0.717) is 19.5 Å². The van der Waals surface area contributed by atoms with Crippen molar-refractivity contribution in [1.29, 1.82) is 0 Å². The summed E-state index contributed by atoms with van der Waals surface area (Å²) in [4.78, 5) is 33.1. The molecule has 0 radical (unpaired) electrons. The number of carbonyl (C=O) groups is 2. The number of aromatic nitrogens is 1. The maximum absolute atomic E-state index is 14.1. The van der Waals surface area contributed by atoms with Crippen LogP contribution in [0.15, 0.2) is 24.4 Å². The average molecular weight is 437 g/mol. The number of hydrogen-bond acceptors (Lipinski definition) is 4. The molecule has 1 N–H and O–H groups in total. The van der Waals surface area contributed by atoms with Gasteiger partial charge in [0.05, 0.1) is 18.4 Å². The topological polar surface area (TPSA) is 68.8 Å². The molecule has 1 saturated heterocycles. The minimum absolute atomic E-state index is 0.0141. The number of rotatable bonds is 3. The molecular formula is C20H19F4N5O2. The first-order valence-electron chi connectivity index (χ1n) is 9.70. The summed E-state index contributed by atoms with van der Waals surface area (Å²) >= 11 is 0. The van der Waals surface area contributed by atoms with Gasteiger partial charge in [0.25, 0.3) is 0 Å². The number of fused-ring (bicyclic) bond motifs is 1. The number of amides is 3. The lowest BCUT2D eigenvalue weighted by molar-refractivity contribution is -0.131. The lowest BCUT2D eigenvalue weighted by atomic mass is 10.1. The smallest absolute Gasteiger partial charge is 0.322 e. The van der Waals surface area contributed by atoms with Gasteiger partial charge >= 0.3 is 6.03 Å². The quantitative estimate of drug-likeness (QED) is 0.750. The van der Waals surface area contributed by atoms with Crippen molar-refractivity contribution in [2.75, 3.05) is 42.9 Å². The molecule has 7 nitrogen and oxygen atoms in total. The van der Waals surface area contributed by atoms with Crippen molar-refractivity contribution in [3.63, 3.8) is 0 Å². The number of anilines is 2. The van der Waals surface area contributed by atoms with Crippen LogP contribution in [0.5, 0.6) is 0 Å². The van der Waals surface area contributed by atoms with Crippen molar-refractivity contribution < 1.29 is 27.2 Å². The fourth-order valence-corrected chi connectivity index (χ4v) is 3.73. The van der Waals surface area contributed by atoms with E-state index in [4.69, 9.17) is 0 Å². The predicted octanol–water partition coefficient (Wildman–Crippen LogP) is 2.72. The first kappa shape index (κ1) is 20.9. The van der Waals surface area contributed by atoms with Crippen LogP contribution in [0.25, 0.3) is 0 Å². The first-order valence-corrected chi connectivity index (χ1v) is 9.70. The van der Waals surface area contributed by atoms with Crippen LogP contribution in [0.2, 0.25) is 0 Å². The summed E-state index contributed by atoms with van der Waals surface area (Å²) in [6, 6.07) is 2.37. The van der Waals surface area contributed by atoms with E-state index in [0.717, 1.165) is 23.2 Å². The fraction of sp³-hybridized carbons (Fsp3) is 0.350. The third kappa shape index (κ3) is 4.25. The van der Waals surface area contributed by atoms with Gasteiger partial charge in [0.1, 0.15) is 12.4 Å².